The molecule has 0 aliphatic carbocycles. The van der Waals surface area contributed by atoms with Crippen LogP contribution in [0.1, 0.15) is 13.3 Å². The highest BCUT2D eigenvalue weighted by Crippen LogP contribution is 2.22. The van der Waals surface area contributed by atoms with Crippen molar-refractivity contribution in [3.05, 3.63) is 9.21 Å². The van der Waals surface area contributed by atoms with E-state index in [4.69, 9.17) is 4.74 Å². The molecular weight excluding hydrogens is 261 g/mol. The fraction of sp³-hybridized carbons (Fsp3) is 0.500. The summed E-state index contributed by atoms with van der Waals surface area (Å²) in [5.41, 5.74) is 0. The van der Waals surface area contributed by atoms with Crippen LogP contribution in [0.4, 0.5) is 0 Å². The van der Waals surface area contributed by atoms with E-state index in [1.807, 2.05) is 0 Å². The first kappa shape index (κ1) is 8.26. The molecule has 0 N–H and O–H groups in total. The minimum atomic E-state index is 0.790. The Bertz CT molecular complexity index is 201. The molecule has 1 rings (SSSR count). The van der Waals surface area contributed by atoms with Gasteiger partial charge in [-0.2, -0.15) is 0 Å². The molecule has 1 aromatic heterocycles. The third-order valence-electron chi connectivity index (χ3n) is 0.905. The Hall–Kier alpha value is 0.160. The minimum Gasteiger partial charge on any atom is -0.483 e. The van der Waals surface area contributed by atoms with E-state index in [1.54, 1.807) is 17.5 Å². The number of thiazole rings is 1. The second kappa shape index (κ2) is 4.12. The van der Waals surface area contributed by atoms with Crippen molar-refractivity contribution < 1.29 is 4.74 Å². The van der Waals surface area contributed by atoms with Gasteiger partial charge in [-0.15, -0.1) is 0 Å². The van der Waals surface area contributed by atoms with Crippen molar-refractivity contribution in [2.24, 2.45) is 0 Å². The molecule has 2 nitrogen and oxygen atoms in total. The van der Waals surface area contributed by atoms with Gasteiger partial charge in [0, 0.05) is 0 Å². The van der Waals surface area contributed by atoms with Crippen molar-refractivity contribution in [3.8, 4) is 5.06 Å². The smallest absolute Gasteiger partial charge is 0.194 e. The second-order valence-electron chi connectivity index (χ2n) is 1.78. The fourth-order valence-corrected chi connectivity index (χ4v) is 1.82. The maximum atomic E-state index is 5.33. The third kappa shape index (κ3) is 2.42. The standard InChI is InChI=1S/C6H8INOS/c1-2-3-9-5-4-8-6(7)10-5/h4H,2-3H2,1H3. The Balaban J connectivity index is 2.42. The van der Waals surface area contributed by atoms with Crippen LogP contribution in [0, 0.1) is 3.01 Å². The molecule has 0 bridgehead atoms. The Kier molecular flexibility index (Phi) is 3.41. The number of hydrogen-bond donors (Lipinski definition) is 0. The minimum absolute atomic E-state index is 0.790. The van der Waals surface area contributed by atoms with Crippen LogP contribution in [0.2, 0.25) is 0 Å². The maximum absolute atomic E-state index is 5.33. The summed E-state index contributed by atoms with van der Waals surface area (Å²) in [7, 11) is 0. The van der Waals surface area contributed by atoms with E-state index in [-0.39, 0.29) is 0 Å². The van der Waals surface area contributed by atoms with Crippen molar-refractivity contribution in [2.75, 3.05) is 6.61 Å². The molecule has 0 fully saturated rings. The summed E-state index contributed by atoms with van der Waals surface area (Å²) in [5.74, 6) is 0. The summed E-state index contributed by atoms with van der Waals surface area (Å²) >= 11 is 3.76. The van der Waals surface area contributed by atoms with Gasteiger partial charge in [0.05, 0.1) is 12.8 Å². The number of halogens is 1. The van der Waals surface area contributed by atoms with E-state index < -0.39 is 0 Å². The first-order chi connectivity index (χ1) is 4.83. The average molecular weight is 269 g/mol. The van der Waals surface area contributed by atoms with Gasteiger partial charge in [-0.05, 0) is 29.0 Å². The molecule has 0 saturated heterocycles. The van der Waals surface area contributed by atoms with Crippen molar-refractivity contribution >= 4 is 33.9 Å². The molecule has 56 valence electrons. The highest BCUT2D eigenvalue weighted by molar-refractivity contribution is 14.1. The van der Waals surface area contributed by atoms with Crippen LogP contribution in [0.15, 0.2) is 6.20 Å². The first-order valence-corrected chi connectivity index (χ1v) is 4.96. The van der Waals surface area contributed by atoms with Gasteiger partial charge >= 0.3 is 0 Å². The predicted octanol–water partition coefficient (Wildman–Crippen LogP) is 2.54. The molecule has 4 heteroatoms. The van der Waals surface area contributed by atoms with Gasteiger partial charge < -0.3 is 4.74 Å². The SMILES string of the molecule is CCCOc1cnc(I)s1. The highest BCUT2D eigenvalue weighted by Gasteiger charge is 1.96. The lowest BCUT2D eigenvalue weighted by Gasteiger charge is -1.96. The van der Waals surface area contributed by atoms with Gasteiger partial charge in [-0.25, -0.2) is 4.98 Å². The molecule has 0 spiro atoms. The van der Waals surface area contributed by atoms with Crippen LogP contribution in [-0.4, -0.2) is 11.6 Å². The van der Waals surface area contributed by atoms with Crippen LogP contribution >= 0.6 is 33.9 Å². The van der Waals surface area contributed by atoms with Crippen molar-refractivity contribution in [1.82, 2.24) is 4.98 Å². The largest absolute Gasteiger partial charge is 0.483 e. The first-order valence-electron chi connectivity index (χ1n) is 3.07. The predicted molar refractivity (Wildman–Crippen MR) is 50.6 cm³/mol. The lowest BCUT2D eigenvalue weighted by atomic mass is 10.5. The molecule has 10 heavy (non-hydrogen) atoms. The van der Waals surface area contributed by atoms with E-state index in [0.29, 0.717) is 0 Å². The zero-order chi connectivity index (χ0) is 7.40. The summed E-state index contributed by atoms with van der Waals surface area (Å²) in [6, 6.07) is 0. The summed E-state index contributed by atoms with van der Waals surface area (Å²) < 4.78 is 6.36. The number of nitrogens with zero attached hydrogens (tertiary/aromatic N) is 1. The van der Waals surface area contributed by atoms with Crippen LogP contribution in [-0.2, 0) is 0 Å². The van der Waals surface area contributed by atoms with Crippen LogP contribution in [0.25, 0.3) is 0 Å². The lowest BCUT2D eigenvalue weighted by Crippen LogP contribution is -1.91. The van der Waals surface area contributed by atoms with E-state index in [2.05, 4.69) is 34.5 Å². The molecule has 1 aromatic rings. The third-order valence-corrected chi connectivity index (χ3v) is 2.54. The summed E-state index contributed by atoms with van der Waals surface area (Å²) in [6.45, 7) is 2.88. The Labute approximate surface area is 77.8 Å². The number of hydrogen-bond acceptors (Lipinski definition) is 3. The normalized spacial score (nSPS) is 9.80. The summed E-state index contributed by atoms with van der Waals surface area (Å²) in [4.78, 5) is 4.05. The molecule has 0 saturated carbocycles. The van der Waals surface area contributed by atoms with Gasteiger partial charge in [0.2, 0.25) is 0 Å². The van der Waals surface area contributed by atoms with E-state index in [1.165, 1.54) is 0 Å². The van der Waals surface area contributed by atoms with Gasteiger partial charge in [0.15, 0.2) is 8.08 Å². The Morgan fingerprint density at radius 3 is 3.10 bits per heavy atom. The van der Waals surface area contributed by atoms with Crippen molar-refractivity contribution in [3.63, 3.8) is 0 Å². The molecule has 0 radical (unpaired) electrons. The van der Waals surface area contributed by atoms with E-state index >= 15 is 0 Å². The van der Waals surface area contributed by atoms with Crippen LogP contribution < -0.4 is 4.74 Å². The van der Waals surface area contributed by atoms with Gasteiger partial charge in [-0.1, -0.05) is 18.3 Å². The molecule has 0 aromatic carbocycles. The quantitative estimate of drug-likeness (QED) is 0.787. The molecule has 0 unspecified atom stereocenters. The second-order valence-corrected chi connectivity index (χ2v) is 4.53. The molecule has 0 amide bonds. The molecular formula is C6H8INOS. The van der Waals surface area contributed by atoms with Crippen molar-refractivity contribution in [2.45, 2.75) is 13.3 Å². The zero-order valence-corrected chi connectivity index (χ0v) is 8.61. The lowest BCUT2D eigenvalue weighted by molar-refractivity contribution is 0.326. The summed E-state index contributed by atoms with van der Waals surface area (Å²) in [6.07, 6.45) is 2.82. The van der Waals surface area contributed by atoms with E-state index in [0.717, 1.165) is 21.1 Å². The van der Waals surface area contributed by atoms with Gasteiger partial charge in [0.1, 0.15) is 0 Å². The molecule has 1 heterocycles. The number of rotatable bonds is 3. The van der Waals surface area contributed by atoms with E-state index in [9.17, 15) is 0 Å². The van der Waals surface area contributed by atoms with Gasteiger partial charge in [-0.3, -0.25) is 0 Å². The number of ether oxygens (including phenoxy) is 1. The van der Waals surface area contributed by atoms with Crippen LogP contribution in [0.5, 0.6) is 5.06 Å². The van der Waals surface area contributed by atoms with Crippen LogP contribution in [0.3, 0.4) is 0 Å². The molecule has 0 aliphatic heterocycles. The van der Waals surface area contributed by atoms with Gasteiger partial charge in [0.25, 0.3) is 0 Å². The number of aromatic nitrogens is 1. The Morgan fingerprint density at radius 2 is 2.60 bits per heavy atom. The fourth-order valence-electron chi connectivity index (χ4n) is 0.509. The molecule has 0 atom stereocenters. The maximum Gasteiger partial charge on any atom is 0.194 e. The monoisotopic (exact) mass is 269 g/mol. The topological polar surface area (TPSA) is 22.1 Å². The summed E-state index contributed by atoms with van der Waals surface area (Å²) in [5, 5.41) is 0.922. The average Bonchev–Trinajstić information content (AvgIpc) is 2.31. The Morgan fingerprint density at radius 1 is 1.80 bits per heavy atom. The van der Waals surface area contributed by atoms with Crippen molar-refractivity contribution in [1.29, 1.82) is 0 Å². The molecule has 0 aliphatic rings. The zero-order valence-electron chi connectivity index (χ0n) is 5.63. The highest BCUT2D eigenvalue weighted by atomic mass is 127.